The van der Waals surface area contributed by atoms with Gasteiger partial charge in [0.15, 0.2) is 0 Å². The molecule has 1 aromatic rings. The summed E-state index contributed by atoms with van der Waals surface area (Å²) < 4.78 is 0. The quantitative estimate of drug-likeness (QED) is 0.330. The predicted molar refractivity (Wildman–Crippen MR) is 72.9 cm³/mol. The molecule has 4 N–H and O–H groups in total. The van der Waals surface area contributed by atoms with Crippen molar-refractivity contribution in [2.75, 3.05) is 6.54 Å². The van der Waals surface area contributed by atoms with Gasteiger partial charge in [-0.25, -0.2) is 10.8 Å². The second kappa shape index (κ2) is 6.56. The largest absolute Gasteiger partial charge is 0.346 e. The van der Waals surface area contributed by atoms with Crippen LogP contribution in [0.25, 0.3) is 0 Å². The first-order valence-electron chi connectivity index (χ1n) is 5.72. The van der Waals surface area contributed by atoms with E-state index in [0.29, 0.717) is 11.9 Å². The van der Waals surface area contributed by atoms with E-state index >= 15 is 0 Å². The Morgan fingerprint density at radius 2 is 2.24 bits per heavy atom. The monoisotopic (exact) mass is 255 g/mol. The van der Waals surface area contributed by atoms with Gasteiger partial charge in [-0.2, -0.15) is 0 Å². The summed E-state index contributed by atoms with van der Waals surface area (Å²) in [7, 11) is 0. The summed E-state index contributed by atoms with van der Waals surface area (Å²) in [6.45, 7) is 9.01. The number of hydrogen-bond acceptors (Lipinski definition) is 4. The molecule has 0 bridgehead atoms. The summed E-state index contributed by atoms with van der Waals surface area (Å²) in [4.78, 5) is 8.79. The number of nitrogens with one attached hydrogen (secondary N) is 2. The topological polar surface area (TPSA) is 75.3 Å². The third-order valence-corrected chi connectivity index (χ3v) is 3.26. The third-order valence-electron chi connectivity index (χ3n) is 2.11. The zero-order chi connectivity index (χ0) is 12.8. The standard InChI is InChI=1S/C11H21N5S/c1-7(2)5-13-11(16-12)15-9(4)10-14-8(3)6-17-10/h6-7,9H,5,12H2,1-4H3,(H2,13,15,16). The smallest absolute Gasteiger partial charge is 0.206 e. The molecule has 1 unspecified atom stereocenters. The normalized spacial score (nSPS) is 13.9. The van der Waals surface area contributed by atoms with Gasteiger partial charge in [0.2, 0.25) is 5.96 Å². The van der Waals surface area contributed by atoms with E-state index in [9.17, 15) is 0 Å². The van der Waals surface area contributed by atoms with Gasteiger partial charge in [0.1, 0.15) is 5.01 Å². The lowest BCUT2D eigenvalue weighted by Crippen LogP contribution is -2.42. The van der Waals surface area contributed by atoms with Crippen LogP contribution < -0.4 is 16.6 Å². The van der Waals surface area contributed by atoms with Crippen molar-refractivity contribution in [2.24, 2.45) is 16.8 Å². The number of rotatable bonds is 4. The first-order chi connectivity index (χ1) is 8.02. The molecule has 0 spiro atoms. The van der Waals surface area contributed by atoms with E-state index in [-0.39, 0.29) is 6.04 Å². The minimum atomic E-state index is 0.107. The van der Waals surface area contributed by atoms with Gasteiger partial charge in [-0.15, -0.1) is 11.3 Å². The predicted octanol–water partition coefficient (Wildman–Crippen LogP) is 1.58. The molecule has 1 heterocycles. The van der Waals surface area contributed by atoms with Crippen molar-refractivity contribution in [3.63, 3.8) is 0 Å². The van der Waals surface area contributed by atoms with Crippen LogP contribution in [-0.2, 0) is 0 Å². The zero-order valence-electron chi connectivity index (χ0n) is 10.8. The number of aromatic nitrogens is 1. The van der Waals surface area contributed by atoms with Gasteiger partial charge in [-0.1, -0.05) is 13.8 Å². The first-order valence-corrected chi connectivity index (χ1v) is 6.60. The van der Waals surface area contributed by atoms with Gasteiger partial charge >= 0.3 is 0 Å². The van der Waals surface area contributed by atoms with E-state index in [1.54, 1.807) is 11.3 Å². The number of nitrogens with zero attached hydrogens (tertiary/aromatic N) is 2. The third kappa shape index (κ3) is 4.70. The number of hydrogen-bond donors (Lipinski definition) is 3. The van der Waals surface area contributed by atoms with E-state index in [1.807, 2.05) is 19.2 Å². The molecular formula is C11H21N5S. The molecule has 0 fully saturated rings. The molecule has 0 aliphatic rings. The summed E-state index contributed by atoms with van der Waals surface area (Å²) in [5.41, 5.74) is 3.62. The lowest BCUT2D eigenvalue weighted by molar-refractivity contribution is 0.641. The number of hydrazine groups is 1. The molecule has 1 aromatic heterocycles. The van der Waals surface area contributed by atoms with E-state index in [4.69, 9.17) is 5.84 Å². The molecule has 1 atom stereocenters. The van der Waals surface area contributed by atoms with Crippen LogP contribution in [0.4, 0.5) is 0 Å². The van der Waals surface area contributed by atoms with Gasteiger partial charge in [0.05, 0.1) is 6.04 Å². The highest BCUT2D eigenvalue weighted by Gasteiger charge is 2.10. The van der Waals surface area contributed by atoms with Crippen LogP contribution in [0.2, 0.25) is 0 Å². The Morgan fingerprint density at radius 3 is 2.71 bits per heavy atom. The number of aryl methyl sites for hydroxylation is 1. The van der Waals surface area contributed by atoms with E-state index < -0.39 is 0 Å². The molecule has 17 heavy (non-hydrogen) atoms. The Kier molecular flexibility index (Phi) is 5.37. The Morgan fingerprint density at radius 1 is 1.53 bits per heavy atom. The molecule has 96 valence electrons. The van der Waals surface area contributed by atoms with E-state index in [1.165, 1.54) is 0 Å². The molecule has 0 saturated carbocycles. The summed E-state index contributed by atoms with van der Waals surface area (Å²) in [5, 5.41) is 6.29. The molecule has 0 aliphatic carbocycles. The van der Waals surface area contributed by atoms with Crippen LogP contribution in [0.3, 0.4) is 0 Å². The van der Waals surface area contributed by atoms with Gasteiger partial charge in [0.25, 0.3) is 0 Å². The van der Waals surface area contributed by atoms with Crippen molar-refractivity contribution in [1.29, 1.82) is 0 Å². The maximum absolute atomic E-state index is 5.43. The molecular weight excluding hydrogens is 234 g/mol. The summed E-state index contributed by atoms with van der Waals surface area (Å²) in [6, 6.07) is 0.107. The van der Waals surface area contributed by atoms with Crippen LogP contribution in [0.1, 0.15) is 37.5 Å². The molecule has 0 amide bonds. The van der Waals surface area contributed by atoms with Crippen molar-refractivity contribution < 1.29 is 0 Å². The number of nitrogens with two attached hydrogens (primary N) is 1. The SMILES string of the molecule is Cc1csc(C(C)NC(=NCC(C)C)NN)n1. The molecule has 0 aliphatic heterocycles. The Hall–Kier alpha value is -1.14. The van der Waals surface area contributed by atoms with Crippen molar-refractivity contribution in [3.8, 4) is 0 Å². The highest BCUT2D eigenvalue weighted by Crippen LogP contribution is 2.16. The van der Waals surface area contributed by atoms with Crippen molar-refractivity contribution >= 4 is 17.3 Å². The highest BCUT2D eigenvalue weighted by molar-refractivity contribution is 7.09. The molecule has 0 aromatic carbocycles. The van der Waals surface area contributed by atoms with Gasteiger partial charge in [0, 0.05) is 17.6 Å². The molecule has 0 radical (unpaired) electrons. The van der Waals surface area contributed by atoms with E-state index in [2.05, 4.69) is 34.6 Å². The number of guanidine groups is 1. The van der Waals surface area contributed by atoms with Gasteiger partial charge in [-0.05, 0) is 19.8 Å². The van der Waals surface area contributed by atoms with Crippen LogP contribution in [0, 0.1) is 12.8 Å². The summed E-state index contributed by atoms with van der Waals surface area (Å²) >= 11 is 1.64. The van der Waals surface area contributed by atoms with Crippen molar-refractivity contribution in [1.82, 2.24) is 15.7 Å². The Labute approximate surface area is 107 Å². The minimum Gasteiger partial charge on any atom is -0.346 e. The lowest BCUT2D eigenvalue weighted by atomic mass is 10.2. The fraction of sp³-hybridized carbons (Fsp3) is 0.636. The van der Waals surface area contributed by atoms with Gasteiger partial charge in [-0.3, -0.25) is 10.4 Å². The van der Waals surface area contributed by atoms with Crippen LogP contribution in [0.5, 0.6) is 0 Å². The fourth-order valence-corrected chi connectivity index (χ4v) is 2.05. The van der Waals surface area contributed by atoms with Crippen LogP contribution in [0.15, 0.2) is 10.4 Å². The summed E-state index contributed by atoms with van der Waals surface area (Å²) in [6.07, 6.45) is 0. The maximum atomic E-state index is 5.43. The van der Waals surface area contributed by atoms with Gasteiger partial charge < -0.3 is 5.32 Å². The van der Waals surface area contributed by atoms with Crippen molar-refractivity contribution in [2.45, 2.75) is 33.7 Å². The summed E-state index contributed by atoms with van der Waals surface area (Å²) in [5.74, 6) is 6.55. The first kappa shape index (κ1) is 13.9. The fourth-order valence-electron chi connectivity index (χ4n) is 1.24. The highest BCUT2D eigenvalue weighted by atomic mass is 32.1. The number of aliphatic imine (C=N–C) groups is 1. The molecule has 5 nitrogen and oxygen atoms in total. The average molecular weight is 255 g/mol. The second-order valence-corrected chi connectivity index (χ2v) is 5.31. The van der Waals surface area contributed by atoms with Crippen LogP contribution >= 0.6 is 11.3 Å². The maximum Gasteiger partial charge on any atom is 0.206 e. The zero-order valence-corrected chi connectivity index (χ0v) is 11.6. The molecule has 1 rings (SSSR count). The molecule has 0 saturated heterocycles. The minimum absolute atomic E-state index is 0.107. The second-order valence-electron chi connectivity index (χ2n) is 4.42. The Bertz CT molecular complexity index is 372. The van der Waals surface area contributed by atoms with Crippen LogP contribution in [-0.4, -0.2) is 17.5 Å². The van der Waals surface area contributed by atoms with Crippen molar-refractivity contribution in [3.05, 3.63) is 16.1 Å². The van der Waals surface area contributed by atoms with E-state index in [0.717, 1.165) is 17.2 Å². The lowest BCUT2D eigenvalue weighted by Gasteiger charge is -2.14. The average Bonchev–Trinajstić information content (AvgIpc) is 2.70. The number of thiazole rings is 1. The Balaban J connectivity index is 2.59. The molecule has 6 heteroatoms.